The van der Waals surface area contributed by atoms with Crippen LogP contribution < -0.4 is 0 Å². The lowest BCUT2D eigenvalue weighted by Gasteiger charge is -2.20. The van der Waals surface area contributed by atoms with Gasteiger partial charge in [0.05, 0.1) is 46.6 Å². The van der Waals surface area contributed by atoms with Crippen LogP contribution in [0.2, 0.25) is 0 Å². The standard InChI is InChI=1S/C51H29F3N4/c1-55-38-26-36(25-37(29-38)51(52,53)54)41-30-49(57-45-19-11-9-17-39(45)42-27-34(21-23-47(42)57)32-13-5-3-6-14-32)50(31-44(41)56-2)58-46-20-12-10-18-40(46)43-28-35(22-24-48(43)58)33-15-7-4-8-16-33/h3-31H. The summed E-state index contributed by atoms with van der Waals surface area (Å²) < 4.78 is 47.2. The quantitative estimate of drug-likeness (QED) is 0.156. The van der Waals surface area contributed by atoms with Crippen molar-refractivity contribution in [3.05, 3.63) is 204 Å². The Morgan fingerprint density at radius 2 is 0.879 bits per heavy atom. The van der Waals surface area contributed by atoms with Crippen LogP contribution in [0.1, 0.15) is 5.56 Å². The Hall–Kier alpha value is -7.87. The van der Waals surface area contributed by atoms with Crippen molar-refractivity contribution in [2.24, 2.45) is 0 Å². The normalized spacial score (nSPS) is 11.7. The van der Waals surface area contributed by atoms with Gasteiger partial charge in [0.25, 0.3) is 0 Å². The Balaban J connectivity index is 1.33. The highest BCUT2D eigenvalue weighted by molar-refractivity contribution is 6.13. The average molecular weight is 755 g/mol. The highest BCUT2D eigenvalue weighted by Gasteiger charge is 2.32. The van der Waals surface area contributed by atoms with Gasteiger partial charge in [-0.2, -0.15) is 13.2 Å². The van der Waals surface area contributed by atoms with E-state index in [4.69, 9.17) is 13.1 Å². The molecule has 0 aliphatic heterocycles. The molecule has 0 saturated heterocycles. The fourth-order valence-corrected chi connectivity index (χ4v) is 8.33. The van der Waals surface area contributed by atoms with Crippen LogP contribution in [-0.2, 0) is 6.18 Å². The summed E-state index contributed by atoms with van der Waals surface area (Å²) in [4.78, 5) is 7.33. The Kier molecular flexibility index (Phi) is 8.00. The maximum absolute atomic E-state index is 14.3. The molecule has 0 atom stereocenters. The molecular formula is C51H29F3N4. The van der Waals surface area contributed by atoms with E-state index in [9.17, 15) is 13.2 Å². The molecule has 0 saturated carbocycles. The maximum atomic E-state index is 14.3. The van der Waals surface area contributed by atoms with E-state index in [1.807, 2.05) is 72.8 Å². The van der Waals surface area contributed by atoms with Crippen LogP contribution in [0.3, 0.4) is 0 Å². The van der Waals surface area contributed by atoms with Crippen molar-refractivity contribution in [3.8, 4) is 44.8 Å². The third kappa shape index (κ3) is 5.60. The summed E-state index contributed by atoms with van der Waals surface area (Å²) in [6.45, 7) is 16.1. The molecule has 0 aliphatic rings. The molecule has 0 bridgehead atoms. The molecule has 58 heavy (non-hydrogen) atoms. The van der Waals surface area contributed by atoms with Crippen molar-refractivity contribution in [1.29, 1.82) is 0 Å². The fourth-order valence-electron chi connectivity index (χ4n) is 8.33. The van der Waals surface area contributed by atoms with Crippen molar-refractivity contribution < 1.29 is 13.2 Å². The summed E-state index contributed by atoms with van der Waals surface area (Å²) in [5.74, 6) is 0. The van der Waals surface area contributed by atoms with E-state index < -0.39 is 11.7 Å². The monoisotopic (exact) mass is 754 g/mol. The lowest BCUT2D eigenvalue weighted by atomic mass is 9.98. The van der Waals surface area contributed by atoms with Gasteiger partial charge in [-0.25, -0.2) is 9.69 Å². The Bertz CT molecular complexity index is 3340. The van der Waals surface area contributed by atoms with Gasteiger partial charge in [0.1, 0.15) is 0 Å². The molecule has 8 aromatic carbocycles. The molecule has 0 radical (unpaired) electrons. The molecule has 274 valence electrons. The third-order valence-electron chi connectivity index (χ3n) is 10.9. The zero-order chi connectivity index (χ0) is 39.5. The zero-order valence-corrected chi connectivity index (χ0v) is 30.7. The molecule has 4 nitrogen and oxygen atoms in total. The second kappa shape index (κ2) is 13.4. The summed E-state index contributed by atoms with van der Waals surface area (Å²) in [6, 6.07) is 56.2. The van der Waals surface area contributed by atoms with Gasteiger partial charge < -0.3 is 9.13 Å². The second-order valence-electron chi connectivity index (χ2n) is 14.2. The minimum absolute atomic E-state index is 0.140. The molecule has 2 heterocycles. The first-order valence-corrected chi connectivity index (χ1v) is 18.6. The van der Waals surface area contributed by atoms with Gasteiger partial charge >= 0.3 is 6.18 Å². The van der Waals surface area contributed by atoms with E-state index in [2.05, 4.69) is 97.7 Å². The predicted octanol–water partition coefficient (Wildman–Crippen LogP) is 15.0. The molecule has 10 aromatic rings. The van der Waals surface area contributed by atoms with Gasteiger partial charge in [-0.3, -0.25) is 0 Å². The molecule has 0 spiro atoms. The van der Waals surface area contributed by atoms with Gasteiger partial charge in [0, 0.05) is 27.1 Å². The van der Waals surface area contributed by atoms with Gasteiger partial charge in [-0.1, -0.05) is 109 Å². The van der Waals surface area contributed by atoms with Crippen molar-refractivity contribution in [2.75, 3.05) is 0 Å². The van der Waals surface area contributed by atoms with Crippen molar-refractivity contribution in [2.45, 2.75) is 6.18 Å². The van der Waals surface area contributed by atoms with Crippen LogP contribution >= 0.6 is 0 Å². The molecule has 0 amide bonds. The Morgan fingerprint density at radius 1 is 0.397 bits per heavy atom. The Morgan fingerprint density at radius 3 is 1.38 bits per heavy atom. The summed E-state index contributed by atoms with van der Waals surface area (Å²) >= 11 is 0. The van der Waals surface area contributed by atoms with Crippen LogP contribution in [-0.4, -0.2) is 9.13 Å². The largest absolute Gasteiger partial charge is 0.415 e. The summed E-state index contributed by atoms with van der Waals surface area (Å²) in [7, 11) is 0. The number of fused-ring (bicyclic) bond motifs is 6. The first-order chi connectivity index (χ1) is 28.3. The Labute approximate surface area is 331 Å². The molecule has 2 aromatic heterocycles. The van der Waals surface area contributed by atoms with E-state index in [0.29, 0.717) is 16.9 Å². The predicted molar refractivity (Wildman–Crippen MR) is 229 cm³/mol. The average Bonchev–Trinajstić information content (AvgIpc) is 3.78. The zero-order valence-electron chi connectivity index (χ0n) is 30.7. The van der Waals surface area contributed by atoms with Crippen LogP contribution in [0, 0.1) is 13.1 Å². The molecule has 10 rings (SSSR count). The van der Waals surface area contributed by atoms with Gasteiger partial charge in [0.2, 0.25) is 0 Å². The smallest absolute Gasteiger partial charge is 0.308 e. The molecular weight excluding hydrogens is 726 g/mol. The lowest BCUT2D eigenvalue weighted by Crippen LogP contribution is -2.06. The SMILES string of the molecule is [C-]#[N+]c1cc(-c2cc(-n3c4ccccc4c4cc(-c5ccccc5)ccc43)c(-n3c4ccccc4c4cc(-c5ccccc5)ccc43)cc2[N+]#[C-])cc(C(F)(F)F)c1. The van der Waals surface area contributed by atoms with Crippen molar-refractivity contribution in [1.82, 2.24) is 9.13 Å². The number of rotatable bonds is 5. The number of hydrogen-bond donors (Lipinski definition) is 0. The molecule has 0 fully saturated rings. The topological polar surface area (TPSA) is 18.6 Å². The highest BCUT2D eigenvalue weighted by atomic mass is 19.4. The lowest BCUT2D eigenvalue weighted by molar-refractivity contribution is -0.137. The van der Waals surface area contributed by atoms with E-state index in [0.717, 1.165) is 78.0 Å². The number of aromatic nitrogens is 2. The van der Waals surface area contributed by atoms with E-state index in [1.54, 1.807) is 6.07 Å². The molecule has 0 N–H and O–H groups in total. The van der Waals surface area contributed by atoms with E-state index in [1.165, 1.54) is 6.07 Å². The van der Waals surface area contributed by atoms with Crippen LogP contribution in [0.4, 0.5) is 24.5 Å². The minimum atomic E-state index is -4.69. The maximum Gasteiger partial charge on any atom is 0.415 e. The van der Waals surface area contributed by atoms with Crippen molar-refractivity contribution >= 4 is 55.0 Å². The van der Waals surface area contributed by atoms with E-state index >= 15 is 0 Å². The summed E-state index contributed by atoms with van der Waals surface area (Å²) in [5, 5.41) is 4.04. The number of para-hydroxylation sites is 2. The fraction of sp³-hybridized carbons (Fsp3) is 0.0196. The third-order valence-corrected chi connectivity index (χ3v) is 10.9. The number of nitrogens with zero attached hydrogens (tertiary/aromatic N) is 4. The number of halogens is 3. The molecule has 0 aliphatic carbocycles. The summed E-state index contributed by atoms with van der Waals surface area (Å²) in [5.41, 5.74) is 8.71. The number of benzene rings is 8. The molecule has 7 heteroatoms. The van der Waals surface area contributed by atoms with Gasteiger partial charge in [-0.15, -0.1) is 0 Å². The second-order valence-corrected chi connectivity index (χ2v) is 14.2. The van der Waals surface area contributed by atoms with Crippen LogP contribution in [0.25, 0.3) is 98.1 Å². The number of hydrogen-bond acceptors (Lipinski definition) is 0. The van der Waals surface area contributed by atoms with Crippen molar-refractivity contribution in [3.63, 3.8) is 0 Å². The first-order valence-electron chi connectivity index (χ1n) is 18.6. The summed E-state index contributed by atoms with van der Waals surface area (Å²) in [6.07, 6.45) is -4.69. The van der Waals surface area contributed by atoms with Crippen LogP contribution in [0.15, 0.2) is 176 Å². The first kappa shape index (κ1) is 34.6. The number of alkyl halides is 3. The van der Waals surface area contributed by atoms with E-state index in [-0.39, 0.29) is 16.9 Å². The minimum Gasteiger partial charge on any atom is -0.308 e. The van der Waals surface area contributed by atoms with Gasteiger partial charge in [0.15, 0.2) is 11.4 Å². The molecule has 0 unspecified atom stereocenters. The van der Waals surface area contributed by atoms with Gasteiger partial charge in [-0.05, 0) is 100 Å². The highest BCUT2D eigenvalue weighted by Crippen LogP contribution is 2.45. The van der Waals surface area contributed by atoms with Crippen LogP contribution in [0.5, 0.6) is 0 Å².